The predicted octanol–water partition coefficient (Wildman–Crippen LogP) is 3.88. The van der Waals surface area contributed by atoms with Crippen LogP contribution in [0, 0.1) is 0 Å². The predicted molar refractivity (Wildman–Crippen MR) is 225 cm³/mol. The first-order valence-electron chi connectivity index (χ1n) is 17.5. The first-order chi connectivity index (χ1) is 29.6. The fourth-order valence-electron chi connectivity index (χ4n) is 5.40. The van der Waals surface area contributed by atoms with Gasteiger partial charge in [-0.2, -0.15) is 0 Å². The highest BCUT2D eigenvalue weighted by Gasteiger charge is 2.45. The summed E-state index contributed by atoms with van der Waals surface area (Å²) < 4.78 is 22.8. The molecule has 4 aliphatic rings. The molecule has 2 unspecified atom stereocenters. The number of aromatic carboxylic acids is 2. The molecular weight excluding hydrogens is 1060 g/mol. The number of hydrogen-bond acceptors (Lipinski definition) is 15. The number of halogens is 5. The SMILES string of the molecule is CC(=O)OC(C)=O.Cl.NC1CCC(=O)NC1=O.O=C(O)c1cccc(Br)c1C(=O)O.O=C1CCC(N2C(=O)c3cccc(Br)c3C2=O)C(=O)N1.O=C1OC(=O)c2c(Br)cccc21.[3H]F. The van der Waals surface area contributed by atoms with Crippen LogP contribution in [0.3, 0.4) is 0 Å². The molecule has 0 spiro atoms. The lowest BCUT2D eigenvalue weighted by Crippen LogP contribution is -2.54. The summed E-state index contributed by atoms with van der Waals surface area (Å²) in [4.78, 5) is 132. The highest BCUT2D eigenvalue weighted by molar-refractivity contribution is 9.11. The Morgan fingerprint density at radius 1 is 0.714 bits per heavy atom. The van der Waals surface area contributed by atoms with E-state index >= 15 is 0 Å². The number of benzene rings is 3. The van der Waals surface area contributed by atoms with Gasteiger partial charge in [0.15, 0.2) is 0 Å². The van der Waals surface area contributed by atoms with Gasteiger partial charge in [-0.05, 0) is 97.0 Å². The second kappa shape index (κ2) is 24.5. The lowest BCUT2D eigenvalue weighted by molar-refractivity contribution is -0.156. The number of ether oxygens (including phenoxy) is 2. The zero-order valence-corrected chi connectivity index (χ0v) is 37.8. The molecule has 63 heavy (non-hydrogen) atoms. The van der Waals surface area contributed by atoms with Gasteiger partial charge in [0.1, 0.15) is 6.04 Å². The molecule has 6 amide bonds. The summed E-state index contributed by atoms with van der Waals surface area (Å²) in [6, 6.07) is 12.6. The van der Waals surface area contributed by atoms with E-state index in [4.69, 9.17) is 20.7 Å². The Morgan fingerprint density at radius 3 is 1.63 bits per heavy atom. The Bertz CT molecular complexity index is 2390. The van der Waals surface area contributed by atoms with E-state index < -0.39 is 65.6 Å². The molecule has 7 rings (SSSR count). The zero-order chi connectivity index (χ0) is 47.9. The molecule has 25 heteroatoms. The van der Waals surface area contributed by atoms with E-state index in [9.17, 15) is 57.5 Å². The molecule has 4 aliphatic heterocycles. The Morgan fingerprint density at radius 2 is 1.21 bits per heavy atom. The maximum Gasteiger partial charge on any atom is 0.348 e. The van der Waals surface area contributed by atoms with Gasteiger partial charge in [0.25, 0.3) is 13.3 Å². The van der Waals surface area contributed by atoms with Gasteiger partial charge in [-0.3, -0.25) is 58.6 Å². The van der Waals surface area contributed by atoms with E-state index in [1.165, 1.54) is 32.0 Å². The van der Waals surface area contributed by atoms with Crippen molar-refractivity contribution in [2.24, 2.45) is 5.73 Å². The molecule has 0 bridgehead atoms. The average Bonchev–Trinajstić information content (AvgIpc) is 3.65. The van der Waals surface area contributed by atoms with Crippen LogP contribution in [-0.4, -0.2) is 99.9 Å². The van der Waals surface area contributed by atoms with E-state index in [1.54, 1.807) is 36.4 Å². The normalized spacial score (nSPS) is 16.7. The Hall–Kier alpha value is -6.08. The molecule has 0 radical (unpaired) electrons. The third kappa shape index (κ3) is 14.5. The quantitative estimate of drug-likeness (QED) is 0.141. The number of amides is 6. The number of nitrogens with zero attached hydrogens (tertiary/aromatic N) is 1. The van der Waals surface area contributed by atoms with E-state index in [2.05, 4.69) is 69.3 Å². The van der Waals surface area contributed by atoms with Gasteiger partial charge >= 0.3 is 35.8 Å². The minimum absolute atomic E-state index is 0. The first kappa shape index (κ1) is 53.1. The molecule has 3 aromatic carbocycles. The summed E-state index contributed by atoms with van der Waals surface area (Å²) in [6.07, 6.45) is 1.12. The van der Waals surface area contributed by atoms with E-state index in [-0.39, 0.29) is 69.7 Å². The molecule has 0 saturated carbocycles. The van der Waals surface area contributed by atoms with Crippen LogP contribution < -0.4 is 16.4 Å². The van der Waals surface area contributed by atoms with Crippen molar-refractivity contribution in [2.75, 3.05) is 0 Å². The maximum atomic E-state index is 12.4. The third-order valence-corrected chi connectivity index (χ3v) is 10.0. The van der Waals surface area contributed by atoms with Crippen molar-refractivity contribution in [1.29, 1.82) is 1.45 Å². The van der Waals surface area contributed by atoms with Crippen LogP contribution in [0.15, 0.2) is 68.0 Å². The molecular formula is C38H33Br3ClFN4O16. The number of hydrogen-bond donors (Lipinski definition) is 5. The van der Waals surface area contributed by atoms with Gasteiger partial charge in [0, 0.05) is 40.1 Å². The molecule has 336 valence electrons. The summed E-state index contributed by atoms with van der Waals surface area (Å²) in [7, 11) is 0. The second-order valence-corrected chi connectivity index (χ2v) is 14.9. The lowest BCUT2D eigenvalue weighted by Gasteiger charge is -2.27. The van der Waals surface area contributed by atoms with Crippen molar-refractivity contribution in [3.05, 3.63) is 101 Å². The minimum atomic E-state index is -1.26. The molecule has 2 atom stereocenters. The summed E-state index contributed by atoms with van der Waals surface area (Å²) in [6.45, 7) is 2.36. The number of carbonyl (C=O) groups is 12. The number of rotatable bonds is 3. The fourth-order valence-corrected chi connectivity index (χ4v) is 7.00. The van der Waals surface area contributed by atoms with Gasteiger partial charge in [-0.25, -0.2) is 19.2 Å². The van der Waals surface area contributed by atoms with Gasteiger partial charge in [0.2, 0.25) is 23.6 Å². The van der Waals surface area contributed by atoms with Gasteiger partial charge in [0.05, 0.1) is 39.4 Å². The summed E-state index contributed by atoms with van der Waals surface area (Å²) in [5, 5.41) is 21.6. The molecule has 0 aliphatic carbocycles. The monoisotopic (exact) mass is 1090 g/mol. The lowest BCUT2D eigenvalue weighted by atomic mass is 10.0. The smallest absolute Gasteiger partial charge is 0.348 e. The number of cyclic esters (lactones) is 2. The number of carbonyl (C=O) groups excluding carboxylic acids is 10. The minimum Gasteiger partial charge on any atom is -0.478 e. The van der Waals surface area contributed by atoms with Crippen LogP contribution in [0.2, 0.25) is 0 Å². The number of esters is 4. The maximum absolute atomic E-state index is 12.4. The van der Waals surface area contributed by atoms with E-state index in [0.29, 0.717) is 32.9 Å². The van der Waals surface area contributed by atoms with Crippen LogP contribution >= 0.6 is 60.2 Å². The Labute approximate surface area is 387 Å². The number of fused-ring (bicyclic) bond motifs is 2. The van der Waals surface area contributed by atoms with Crippen molar-refractivity contribution in [2.45, 2.75) is 51.6 Å². The van der Waals surface area contributed by atoms with Crippen molar-refractivity contribution >= 4 is 131 Å². The molecule has 3 aromatic rings. The highest BCUT2D eigenvalue weighted by atomic mass is 79.9. The zero-order valence-electron chi connectivity index (χ0n) is 33.2. The number of carboxylic acids is 2. The molecule has 6 N–H and O–H groups in total. The molecule has 4 heterocycles. The van der Waals surface area contributed by atoms with Crippen molar-refractivity contribution in [1.82, 2.24) is 15.5 Å². The molecule has 20 nitrogen and oxygen atoms in total. The number of imide groups is 3. The largest absolute Gasteiger partial charge is 0.478 e. The van der Waals surface area contributed by atoms with Crippen LogP contribution in [0.1, 0.15) is 102 Å². The standard InChI is InChI=1S/C13H9BrN2O4.C8H5BrO4.C8H3BrO3.C5H8N2O2.C4H6O3.ClH.FH/c14-7-3-1-2-6-10(7)13(20)16(12(6)19)8-4-5-9(17)15-11(8)18;9-5-3-1-2-4(7(10)11)6(5)8(12)13;9-5-3-1-2-4-6(5)8(11)12-7(4)10;6-3-1-2-4(8)7-5(3)9;1-3(5)7-4(2)6;;/h1-3,8H,4-5H2,(H,15,17,18);1-3H,(H,10,11)(H,12,13);1-3H;3H,1-2,6H2,(H,7,8,9);1-2H3;2*1H/i/hT. The van der Waals surface area contributed by atoms with Crippen LogP contribution in [0.5, 0.6) is 0 Å². The topological polar surface area (TPSA) is 317 Å². The molecule has 2 fully saturated rings. The fraction of sp³-hybridized carbons (Fsp3) is 0.211. The van der Waals surface area contributed by atoms with Gasteiger partial charge in [-0.1, -0.05) is 18.2 Å². The van der Waals surface area contributed by atoms with Crippen LogP contribution in [0.4, 0.5) is 4.72 Å². The third-order valence-electron chi connectivity index (χ3n) is 8.07. The summed E-state index contributed by atoms with van der Waals surface area (Å²) in [5.41, 5.74) is 6.02. The molecule has 0 aromatic heterocycles. The molecule has 2 saturated heterocycles. The van der Waals surface area contributed by atoms with Gasteiger partial charge < -0.3 is 25.4 Å². The van der Waals surface area contributed by atoms with Crippen LogP contribution in [-0.2, 0) is 38.2 Å². The van der Waals surface area contributed by atoms with Crippen molar-refractivity contribution in [3.63, 3.8) is 0 Å². The van der Waals surface area contributed by atoms with Crippen molar-refractivity contribution in [3.8, 4) is 0 Å². The van der Waals surface area contributed by atoms with E-state index in [0.717, 1.165) is 4.90 Å². The summed E-state index contributed by atoms with van der Waals surface area (Å²) in [5.74, 6) is -7.36. The Balaban J connectivity index is 0.000000413. The van der Waals surface area contributed by atoms with E-state index in [1.807, 2.05) is 0 Å². The number of nitrogens with one attached hydrogen (secondary N) is 2. The number of piperidine rings is 2. The number of carboxylic acid groups (broad SMARTS) is 2. The van der Waals surface area contributed by atoms with Gasteiger partial charge in [-0.15, -0.1) is 12.4 Å². The highest BCUT2D eigenvalue weighted by Crippen LogP contribution is 2.32. The van der Waals surface area contributed by atoms with Crippen LogP contribution in [0.25, 0.3) is 0 Å². The Kier molecular flexibility index (Phi) is 20.7. The second-order valence-electron chi connectivity index (χ2n) is 12.4. The number of nitrogens with two attached hydrogens (primary N) is 1. The van der Waals surface area contributed by atoms with Crippen molar-refractivity contribution < 1.29 is 81.9 Å². The summed E-state index contributed by atoms with van der Waals surface area (Å²) >= 11 is 9.37. The first-order valence-corrected chi connectivity index (χ1v) is 19.5. The average molecular weight is 1100 g/mol.